The lowest BCUT2D eigenvalue weighted by Crippen LogP contribution is -2.42. The Morgan fingerprint density at radius 3 is 3.12 bits per heavy atom. The lowest BCUT2D eigenvalue weighted by Gasteiger charge is -2.23. The minimum atomic E-state index is 0.534. The van der Waals surface area contributed by atoms with Crippen molar-refractivity contribution >= 4 is 27.3 Å². The van der Waals surface area contributed by atoms with Gasteiger partial charge in [-0.05, 0) is 54.0 Å². The second-order valence-corrected chi connectivity index (χ2v) is 6.77. The van der Waals surface area contributed by atoms with Gasteiger partial charge in [0.15, 0.2) is 0 Å². The third-order valence-corrected chi connectivity index (χ3v) is 4.53. The van der Waals surface area contributed by atoms with Crippen LogP contribution in [0.15, 0.2) is 15.9 Å². The van der Waals surface area contributed by atoms with Crippen molar-refractivity contribution in [2.24, 2.45) is 0 Å². The van der Waals surface area contributed by atoms with Crippen molar-refractivity contribution in [3.05, 3.63) is 20.8 Å². The van der Waals surface area contributed by atoms with Gasteiger partial charge in [-0.15, -0.1) is 11.3 Å². The molecule has 17 heavy (non-hydrogen) atoms. The van der Waals surface area contributed by atoms with Gasteiger partial charge in [-0.3, -0.25) is 0 Å². The normalized spacial score (nSPS) is 20.6. The van der Waals surface area contributed by atoms with Crippen molar-refractivity contribution in [3.8, 4) is 0 Å². The molecule has 0 bridgehead atoms. The standard InChI is InChI=1S/C12H19BrN2OS/c13-12-2-1-11(17-12)4-6-14-5-3-10-9-16-8-7-15-10/h1-2,10,14-15H,3-9H2. The molecular formula is C12H19BrN2OS. The Labute approximate surface area is 115 Å². The van der Waals surface area contributed by atoms with Gasteiger partial charge in [-0.2, -0.15) is 0 Å². The first kappa shape index (κ1) is 13.5. The summed E-state index contributed by atoms with van der Waals surface area (Å²) in [5.41, 5.74) is 0. The molecule has 1 fully saturated rings. The molecule has 5 heteroatoms. The zero-order chi connectivity index (χ0) is 11.9. The van der Waals surface area contributed by atoms with E-state index in [9.17, 15) is 0 Å². The van der Waals surface area contributed by atoms with Crippen molar-refractivity contribution in [3.63, 3.8) is 0 Å². The van der Waals surface area contributed by atoms with Crippen LogP contribution >= 0.6 is 27.3 Å². The molecule has 0 radical (unpaired) electrons. The fraction of sp³-hybridized carbons (Fsp3) is 0.667. The number of thiophene rings is 1. The van der Waals surface area contributed by atoms with Crippen LogP contribution in [0.25, 0.3) is 0 Å². The molecule has 96 valence electrons. The van der Waals surface area contributed by atoms with E-state index in [1.807, 2.05) is 11.3 Å². The Kier molecular flexibility index (Phi) is 5.94. The average Bonchev–Trinajstić information content (AvgIpc) is 2.76. The van der Waals surface area contributed by atoms with E-state index in [1.165, 1.54) is 8.66 Å². The second kappa shape index (κ2) is 7.48. The highest BCUT2D eigenvalue weighted by atomic mass is 79.9. The van der Waals surface area contributed by atoms with Gasteiger partial charge in [0.1, 0.15) is 0 Å². The number of halogens is 1. The van der Waals surface area contributed by atoms with Gasteiger partial charge in [-0.1, -0.05) is 0 Å². The summed E-state index contributed by atoms with van der Waals surface area (Å²) in [5, 5.41) is 6.95. The van der Waals surface area contributed by atoms with E-state index in [0.29, 0.717) is 6.04 Å². The van der Waals surface area contributed by atoms with Crippen LogP contribution in [0.5, 0.6) is 0 Å². The SMILES string of the molecule is Brc1ccc(CCNCCC2COCCN2)s1. The maximum Gasteiger partial charge on any atom is 0.0701 e. The number of hydrogen-bond acceptors (Lipinski definition) is 4. The van der Waals surface area contributed by atoms with Crippen molar-refractivity contribution in [2.45, 2.75) is 18.9 Å². The molecule has 1 aliphatic heterocycles. The van der Waals surface area contributed by atoms with Crippen LogP contribution in [0.1, 0.15) is 11.3 Å². The van der Waals surface area contributed by atoms with E-state index in [2.05, 4.69) is 38.7 Å². The highest BCUT2D eigenvalue weighted by molar-refractivity contribution is 9.11. The van der Waals surface area contributed by atoms with Crippen molar-refractivity contribution in [2.75, 3.05) is 32.8 Å². The van der Waals surface area contributed by atoms with E-state index in [1.54, 1.807) is 0 Å². The van der Waals surface area contributed by atoms with Crippen molar-refractivity contribution in [1.82, 2.24) is 10.6 Å². The van der Waals surface area contributed by atoms with Gasteiger partial charge < -0.3 is 15.4 Å². The van der Waals surface area contributed by atoms with Gasteiger partial charge in [0, 0.05) is 17.5 Å². The molecule has 1 unspecified atom stereocenters. The van der Waals surface area contributed by atoms with Crippen LogP contribution in [-0.2, 0) is 11.2 Å². The van der Waals surface area contributed by atoms with E-state index >= 15 is 0 Å². The number of nitrogens with one attached hydrogen (secondary N) is 2. The smallest absolute Gasteiger partial charge is 0.0701 e. The van der Waals surface area contributed by atoms with Crippen LogP contribution in [-0.4, -0.2) is 38.9 Å². The largest absolute Gasteiger partial charge is 0.379 e. The third kappa shape index (κ3) is 5.06. The molecule has 0 amide bonds. The van der Waals surface area contributed by atoms with Crippen LogP contribution in [0.4, 0.5) is 0 Å². The van der Waals surface area contributed by atoms with E-state index in [4.69, 9.17) is 4.74 Å². The first-order valence-corrected chi connectivity index (χ1v) is 7.71. The Morgan fingerprint density at radius 1 is 1.47 bits per heavy atom. The number of hydrogen-bond donors (Lipinski definition) is 2. The van der Waals surface area contributed by atoms with Gasteiger partial charge in [0.05, 0.1) is 17.0 Å². The molecule has 1 aromatic heterocycles. The predicted molar refractivity (Wildman–Crippen MR) is 75.8 cm³/mol. The number of rotatable bonds is 6. The fourth-order valence-electron chi connectivity index (χ4n) is 1.90. The van der Waals surface area contributed by atoms with Gasteiger partial charge in [0.25, 0.3) is 0 Å². The molecule has 0 aliphatic carbocycles. The molecule has 0 aromatic carbocycles. The fourth-order valence-corrected chi connectivity index (χ4v) is 3.39. The lowest BCUT2D eigenvalue weighted by molar-refractivity contribution is 0.0743. The molecule has 1 saturated heterocycles. The molecular weight excluding hydrogens is 300 g/mol. The quantitative estimate of drug-likeness (QED) is 0.787. The summed E-state index contributed by atoms with van der Waals surface area (Å²) in [6.45, 7) is 4.83. The summed E-state index contributed by atoms with van der Waals surface area (Å²) in [6, 6.07) is 4.84. The van der Waals surface area contributed by atoms with Crippen molar-refractivity contribution < 1.29 is 4.74 Å². The minimum absolute atomic E-state index is 0.534. The molecule has 2 N–H and O–H groups in total. The second-order valence-electron chi connectivity index (χ2n) is 4.22. The zero-order valence-electron chi connectivity index (χ0n) is 9.88. The molecule has 0 saturated carbocycles. The summed E-state index contributed by atoms with van der Waals surface area (Å²) >= 11 is 5.30. The predicted octanol–water partition coefficient (Wildman–Crippen LogP) is 2.02. The Balaban J connectivity index is 1.51. The average molecular weight is 319 g/mol. The topological polar surface area (TPSA) is 33.3 Å². The highest BCUT2D eigenvalue weighted by Crippen LogP contribution is 2.21. The maximum absolute atomic E-state index is 5.42. The summed E-state index contributed by atoms with van der Waals surface area (Å²) in [7, 11) is 0. The molecule has 1 atom stereocenters. The van der Waals surface area contributed by atoms with E-state index in [-0.39, 0.29) is 0 Å². The molecule has 3 nitrogen and oxygen atoms in total. The maximum atomic E-state index is 5.42. The molecule has 0 spiro atoms. The van der Waals surface area contributed by atoms with E-state index in [0.717, 1.165) is 45.7 Å². The number of ether oxygens (including phenoxy) is 1. The first-order chi connectivity index (χ1) is 8.34. The van der Waals surface area contributed by atoms with Gasteiger partial charge >= 0.3 is 0 Å². The summed E-state index contributed by atoms with van der Waals surface area (Å²) < 4.78 is 6.64. The van der Waals surface area contributed by atoms with Crippen LogP contribution in [0.3, 0.4) is 0 Å². The monoisotopic (exact) mass is 318 g/mol. The van der Waals surface area contributed by atoms with Crippen LogP contribution in [0, 0.1) is 0 Å². The molecule has 1 aliphatic rings. The Morgan fingerprint density at radius 2 is 2.41 bits per heavy atom. The van der Waals surface area contributed by atoms with E-state index < -0.39 is 0 Å². The molecule has 2 heterocycles. The summed E-state index contributed by atoms with van der Waals surface area (Å²) in [6.07, 6.45) is 2.26. The molecule has 2 rings (SSSR count). The highest BCUT2D eigenvalue weighted by Gasteiger charge is 2.11. The van der Waals surface area contributed by atoms with Crippen LogP contribution < -0.4 is 10.6 Å². The number of morpholine rings is 1. The first-order valence-electron chi connectivity index (χ1n) is 6.10. The summed E-state index contributed by atoms with van der Waals surface area (Å²) in [4.78, 5) is 1.43. The van der Waals surface area contributed by atoms with Gasteiger partial charge in [0.2, 0.25) is 0 Å². The lowest BCUT2D eigenvalue weighted by atomic mass is 10.2. The molecule has 1 aromatic rings. The summed E-state index contributed by atoms with van der Waals surface area (Å²) in [5.74, 6) is 0. The third-order valence-electron chi connectivity index (χ3n) is 2.85. The van der Waals surface area contributed by atoms with Crippen LogP contribution in [0.2, 0.25) is 0 Å². The Hall–Kier alpha value is 0.0600. The minimum Gasteiger partial charge on any atom is -0.379 e. The van der Waals surface area contributed by atoms with Gasteiger partial charge in [-0.25, -0.2) is 0 Å². The zero-order valence-corrected chi connectivity index (χ0v) is 12.3. The van der Waals surface area contributed by atoms with Crippen molar-refractivity contribution in [1.29, 1.82) is 0 Å². The Bertz CT molecular complexity index is 326.